The normalized spacial score (nSPS) is 12.2. The van der Waals surface area contributed by atoms with Crippen LogP contribution in [0, 0.1) is 5.82 Å². The first-order valence-corrected chi connectivity index (χ1v) is 8.08. The second-order valence-corrected chi connectivity index (χ2v) is 5.91. The number of benzene rings is 1. The Hall–Kier alpha value is -2.73. The van der Waals surface area contributed by atoms with Crippen LogP contribution in [0.2, 0.25) is 0 Å². The molecule has 2 heterocycles. The molecule has 2 aromatic heterocycles. The Morgan fingerprint density at radius 1 is 1.32 bits per heavy atom. The van der Waals surface area contributed by atoms with E-state index in [2.05, 4.69) is 15.4 Å². The van der Waals surface area contributed by atoms with Gasteiger partial charge in [-0.2, -0.15) is 5.10 Å². The summed E-state index contributed by atoms with van der Waals surface area (Å²) < 4.78 is 20.6. The molecule has 6 heteroatoms. The molecule has 1 atom stereocenters. The van der Waals surface area contributed by atoms with E-state index in [4.69, 9.17) is 4.74 Å². The van der Waals surface area contributed by atoms with Gasteiger partial charge in [-0.3, -0.25) is 9.67 Å². The van der Waals surface area contributed by atoms with Crippen LogP contribution >= 0.6 is 0 Å². The summed E-state index contributed by atoms with van der Waals surface area (Å²) >= 11 is 0. The van der Waals surface area contributed by atoms with E-state index in [-0.39, 0.29) is 17.6 Å². The molecule has 0 saturated heterocycles. The number of methoxy groups -OCH3 is 1. The van der Waals surface area contributed by atoms with Gasteiger partial charge in [-0.1, -0.05) is 6.07 Å². The van der Waals surface area contributed by atoms with Crippen molar-refractivity contribution in [3.05, 3.63) is 65.9 Å². The van der Waals surface area contributed by atoms with Crippen molar-refractivity contribution in [2.75, 3.05) is 7.11 Å². The van der Waals surface area contributed by atoms with E-state index in [0.717, 1.165) is 22.4 Å². The van der Waals surface area contributed by atoms with Crippen molar-refractivity contribution in [1.29, 1.82) is 0 Å². The van der Waals surface area contributed by atoms with Crippen molar-refractivity contribution in [2.45, 2.75) is 19.5 Å². The number of nitrogens with zero attached hydrogens (tertiary/aromatic N) is 3. The first kappa shape index (κ1) is 17.1. The minimum Gasteiger partial charge on any atom is -0.494 e. The third-order valence-electron chi connectivity index (χ3n) is 4.11. The Labute approximate surface area is 146 Å². The van der Waals surface area contributed by atoms with Crippen LogP contribution in [0.5, 0.6) is 5.75 Å². The van der Waals surface area contributed by atoms with Crippen molar-refractivity contribution in [1.82, 2.24) is 20.1 Å². The van der Waals surface area contributed by atoms with Gasteiger partial charge in [0.15, 0.2) is 11.6 Å². The lowest BCUT2D eigenvalue weighted by molar-refractivity contribution is 0.385. The number of halogens is 1. The standard InChI is InChI=1S/C19H21FN4O/c1-13(14-6-7-18(25-3)17(20)9-14)22-11-16-12-24(2)23-19(16)15-5-4-8-21-10-15/h4-10,12-13,22H,11H2,1-3H3/t13-/m0/s1. The quantitative estimate of drug-likeness (QED) is 0.746. The zero-order valence-electron chi connectivity index (χ0n) is 14.5. The molecule has 0 fully saturated rings. The third-order valence-corrected chi connectivity index (χ3v) is 4.11. The largest absolute Gasteiger partial charge is 0.494 e. The maximum Gasteiger partial charge on any atom is 0.165 e. The average Bonchev–Trinajstić information content (AvgIpc) is 3.01. The van der Waals surface area contributed by atoms with Gasteiger partial charge in [0, 0.05) is 49.4 Å². The summed E-state index contributed by atoms with van der Waals surface area (Å²) in [5.41, 5.74) is 3.81. The van der Waals surface area contributed by atoms with E-state index in [9.17, 15) is 4.39 Å². The molecule has 0 radical (unpaired) electrons. The van der Waals surface area contributed by atoms with Gasteiger partial charge in [-0.15, -0.1) is 0 Å². The molecule has 0 aliphatic carbocycles. The molecule has 5 nitrogen and oxygen atoms in total. The van der Waals surface area contributed by atoms with Crippen LogP contribution in [0.25, 0.3) is 11.3 Å². The maximum atomic E-state index is 13.9. The molecule has 0 aliphatic rings. The summed E-state index contributed by atoms with van der Waals surface area (Å²) in [5.74, 6) is -0.104. The van der Waals surface area contributed by atoms with E-state index in [1.807, 2.05) is 38.4 Å². The fourth-order valence-corrected chi connectivity index (χ4v) is 2.75. The van der Waals surface area contributed by atoms with Gasteiger partial charge in [0.05, 0.1) is 12.8 Å². The molecule has 130 valence electrons. The predicted molar refractivity (Wildman–Crippen MR) is 94.6 cm³/mol. The molecule has 0 spiro atoms. The van der Waals surface area contributed by atoms with Gasteiger partial charge in [-0.25, -0.2) is 4.39 Å². The minimum atomic E-state index is -0.355. The van der Waals surface area contributed by atoms with E-state index in [1.165, 1.54) is 13.2 Å². The molecule has 1 N–H and O–H groups in total. The summed E-state index contributed by atoms with van der Waals surface area (Å²) in [7, 11) is 3.35. The van der Waals surface area contributed by atoms with Crippen LogP contribution in [0.3, 0.4) is 0 Å². The molecule has 3 aromatic rings. The van der Waals surface area contributed by atoms with E-state index < -0.39 is 0 Å². The van der Waals surface area contributed by atoms with Crippen molar-refractivity contribution in [3.63, 3.8) is 0 Å². The van der Waals surface area contributed by atoms with Crippen molar-refractivity contribution in [3.8, 4) is 17.0 Å². The SMILES string of the molecule is COc1ccc([C@H](C)NCc2cn(C)nc2-c2cccnc2)cc1F. The highest BCUT2D eigenvalue weighted by molar-refractivity contribution is 5.61. The number of nitrogens with one attached hydrogen (secondary N) is 1. The van der Waals surface area contributed by atoms with Crippen molar-refractivity contribution in [2.24, 2.45) is 7.05 Å². The molecule has 0 unspecified atom stereocenters. The Kier molecular flexibility index (Phi) is 5.09. The van der Waals surface area contributed by atoms with Gasteiger partial charge in [0.1, 0.15) is 0 Å². The molecule has 25 heavy (non-hydrogen) atoms. The molecular formula is C19H21FN4O. The topological polar surface area (TPSA) is 52.0 Å². The molecule has 0 bridgehead atoms. The Morgan fingerprint density at radius 3 is 2.84 bits per heavy atom. The summed E-state index contributed by atoms with van der Waals surface area (Å²) in [5, 5.41) is 7.95. The number of hydrogen-bond donors (Lipinski definition) is 1. The van der Waals surface area contributed by atoms with Gasteiger partial charge in [0.25, 0.3) is 0 Å². The lowest BCUT2D eigenvalue weighted by Gasteiger charge is -2.15. The first-order chi connectivity index (χ1) is 12.1. The highest BCUT2D eigenvalue weighted by Gasteiger charge is 2.13. The van der Waals surface area contributed by atoms with Gasteiger partial charge < -0.3 is 10.1 Å². The number of aryl methyl sites for hydroxylation is 1. The molecular weight excluding hydrogens is 319 g/mol. The smallest absolute Gasteiger partial charge is 0.165 e. The first-order valence-electron chi connectivity index (χ1n) is 8.08. The van der Waals surface area contributed by atoms with Gasteiger partial charge >= 0.3 is 0 Å². The Bertz CT molecular complexity index is 848. The number of ether oxygens (including phenoxy) is 1. The molecule has 0 saturated carbocycles. The highest BCUT2D eigenvalue weighted by atomic mass is 19.1. The summed E-state index contributed by atoms with van der Waals surface area (Å²) in [6.45, 7) is 2.62. The molecule has 1 aromatic carbocycles. The summed E-state index contributed by atoms with van der Waals surface area (Å²) in [6.07, 6.45) is 5.52. The maximum absolute atomic E-state index is 13.9. The second-order valence-electron chi connectivity index (χ2n) is 5.91. The number of rotatable bonds is 6. The fourth-order valence-electron chi connectivity index (χ4n) is 2.75. The Balaban J connectivity index is 1.75. The van der Waals surface area contributed by atoms with E-state index in [0.29, 0.717) is 6.54 Å². The monoisotopic (exact) mass is 340 g/mol. The number of pyridine rings is 1. The van der Waals surface area contributed by atoms with E-state index in [1.54, 1.807) is 23.1 Å². The number of aromatic nitrogens is 3. The van der Waals surface area contributed by atoms with Crippen LogP contribution in [0.4, 0.5) is 4.39 Å². The Morgan fingerprint density at radius 2 is 2.16 bits per heavy atom. The van der Waals surface area contributed by atoms with Crippen molar-refractivity contribution < 1.29 is 9.13 Å². The molecule has 0 aliphatic heterocycles. The van der Waals surface area contributed by atoms with Crippen molar-refractivity contribution >= 4 is 0 Å². The van der Waals surface area contributed by atoms with E-state index >= 15 is 0 Å². The lowest BCUT2D eigenvalue weighted by atomic mass is 10.1. The zero-order valence-corrected chi connectivity index (χ0v) is 14.5. The zero-order chi connectivity index (χ0) is 17.8. The third kappa shape index (κ3) is 3.85. The molecule has 0 amide bonds. The minimum absolute atomic E-state index is 0.0117. The van der Waals surface area contributed by atoms with Gasteiger partial charge in [0.2, 0.25) is 0 Å². The lowest BCUT2D eigenvalue weighted by Crippen LogP contribution is -2.18. The fraction of sp³-hybridized carbons (Fsp3) is 0.263. The number of hydrogen-bond acceptors (Lipinski definition) is 4. The van der Waals surface area contributed by atoms with Crippen LogP contribution in [0.1, 0.15) is 24.1 Å². The van der Waals surface area contributed by atoms with Gasteiger partial charge in [-0.05, 0) is 36.8 Å². The van der Waals surface area contributed by atoms with Crippen LogP contribution < -0.4 is 10.1 Å². The highest BCUT2D eigenvalue weighted by Crippen LogP contribution is 2.24. The predicted octanol–water partition coefficient (Wildman–Crippen LogP) is 3.48. The van der Waals surface area contributed by atoms with Crippen LogP contribution in [-0.2, 0) is 13.6 Å². The second kappa shape index (κ2) is 7.44. The molecule has 3 rings (SSSR count). The summed E-state index contributed by atoms with van der Waals surface area (Å²) in [4.78, 5) is 4.16. The average molecular weight is 340 g/mol. The summed E-state index contributed by atoms with van der Waals surface area (Å²) in [6, 6.07) is 8.88. The van der Waals surface area contributed by atoms with Crippen LogP contribution in [0.15, 0.2) is 48.9 Å². The van der Waals surface area contributed by atoms with Crippen LogP contribution in [-0.4, -0.2) is 21.9 Å².